The number of nitrogens with one attached hydrogen (secondary N) is 1. The highest BCUT2D eigenvalue weighted by atomic mass is 32.2. The molecule has 162 valence electrons. The summed E-state index contributed by atoms with van der Waals surface area (Å²) in [5, 5.41) is 2.85. The number of nitrogens with zero attached hydrogens (tertiary/aromatic N) is 2. The minimum absolute atomic E-state index is 0.162. The van der Waals surface area contributed by atoms with Gasteiger partial charge < -0.3 is 9.73 Å². The number of hydrogen-bond donors (Lipinski definition) is 1. The number of amides is 1. The molecule has 1 unspecified atom stereocenters. The normalized spacial score (nSPS) is 11.8. The third kappa shape index (κ3) is 5.15. The van der Waals surface area contributed by atoms with Crippen LogP contribution in [0.2, 0.25) is 0 Å². The van der Waals surface area contributed by atoms with Crippen molar-refractivity contribution >= 4 is 16.7 Å². The van der Waals surface area contributed by atoms with E-state index in [0.717, 1.165) is 5.56 Å². The Morgan fingerprint density at radius 2 is 1.84 bits per heavy atom. The predicted octanol–water partition coefficient (Wildman–Crippen LogP) is 4.42. The molecule has 2 aromatic carbocycles. The summed E-state index contributed by atoms with van der Waals surface area (Å²) in [5.41, 5.74) is 2.70. The summed E-state index contributed by atoms with van der Waals surface area (Å²) >= 11 is 0. The number of carbonyl (C=O) groups is 1. The van der Waals surface area contributed by atoms with E-state index < -0.39 is 10.8 Å². The van der Waals surface area contributed by atoms with Crippen LogP contribution in [0, 0.1) is 12.7 Å². The van der Waals surface area contributed by atoms with E-state index in [2.05, 4.69) is 15.3 Å². The monoisotopic (exact) mass is 449 g/mol. The van der Waals surface area contributed by atoms with Crippen molar-refractivity contribution in [2.24, 2.45) is 0 Å². The van der Waals surface area contributed by atoms with Crippen LogP contribution >= 0.6 is 0 Å². The van der Waals surface area contributed by atoms with Gasteiger partial charge in [-0.15, -0.1) is 0 Å². The average molecular weight is 450 g/mol. The Bertz CT molecular complexity index is 1240. The molecule has 6 nitrogen and oxygen atoms in total. The van der Waals surface area contributed by atoms with Crippen molar-refractivity contribution < 1.29 is 17.8 Å². The van der Waals surface area contributed by atoms with Crippen molar-refractivity contribution in [2.45, 2.75) is 24.1 Å². The highest BCUT2D eigenvalue weighted by molar-refractivity contribution is 7.84. The van der Waals surface area contributed by atoms with E-state index in [1.165, 1.54) is 24.3 Å². The van der Waals surface area contributed by atoms with Gasteiger partial charge in [-0.2, -0.15) is 0 Å². The van der Waals surface area contributed by atoms with Crippen LogP contribution in [0.5, 0.6) is 0 Å². The van der Waals surface area contributed by atoms with Gasteiger partial charge in [-0.05, 0) is 67.1 Å². The second-order valence-electron chi connectivity index (χ2n) is 7.09. The summed E-state index contributed by atoms with van der Waals surface area (Å²) in [6.07, 6.45) is 3.38. The van der Waals surface area contributed by atoms with Crippen LogP contribution in [0.4, 0.5) is 4.39 Å². The van der Waals surface area contributed by atoms with Crippen LogP contribution in [-0.2, 0) is 23.1 Å². The minimum Gasteiger partial charge on any atom is -0.441 e. The van der Waals surface area contributed by atoms with Gasteiger partial charge in [0.1, 0.15) is 11.6 Å². The molecule has 2 heterocycles. The maximum Gasteiger partial charge on any atom is 0.251 e. The Kier molecular flexibility index (Phi) is 6.51. The van der Waals surface area contributed by atoms with Crippen LogP contribution in [0.3, 0.4) is 0 Å². The molecule has 2 aromatic heterocycles. The quantitative estimate of drug-likeness (QED) is 0.451. The molecule has 0 aliphatic carbocycles. The lowest BCUT2D eigenvalue weighted by molar-refractivity contribution is 0.0951. The molecule has 0 aliphatic heterocycles. The van der Waals surface area contributed by atoms with Gasteiger partial charge in [0.15, 0.2) is 0 Å². The molecule has 0 spiro atoms. The second kappa shape index (κ2) is 9.65. The third-order valence-corrected chi connectivity index (χ3v) is 6.14. The fraction of sp³-hybridized carbons (Fsp3) is 0.125. The summed E-state index contributed by atoms with van der Waals surface area (Å²) in [7, 11) is -1.37. The Morgan fingerprint density at radius 3 is 2.53 bits per heavy atom. The molecular weight excluding hydrogens is 429 g/mol. The number of hydrogen-bond acceptors (Lipinski definition) is 5. The summed E-state index contributed by atoms with van der Waals surface area (Å²) in [5.74, 6) is 0.541. The number of aryl methyl sites for hydroxylation is 1. The summed E-state index contributed by atoms with van der Waals surface area (Å²) in [6.45, 7) is 2.15. The zero-order chi connectivity index (χ0) is 22.5. The van der Waals surface area contributed by atoms with E-state index in [-0.39, 0.29) is 17.5 Å². The zero-order valence-corrected chi connectivity index (χ0v) is 18.1. The smallest absolute Gasteiger partial charge is 0.251 e. The summed E-state index contributed by atoms with van der Waals surface area (Å²) in [4.78, 5) is 21.4. The number of carbonyl (C=O) groups excluding carboxylic acids is 1. The molecule has 0 saturated carbocycles. The van der Waals surface area contributed by atoms with E-state index in [1.54, 1.807) is 43.6 Å². The van der Waals surface area contributed by atoms with Crippen molar-refractivity contribution in [1.82, 2.24) is 15.3 Å². The fourth-order valence-corrected chi connectivity index (χ4v) is 4.15. The Balaban J connectivity index is 1.42. The van der Waals surface area contributed by atoms with Gasteiger partial charge >= 0.3 is 0 Å². The van der Waals surface area contributed by atoms with Gasteiger partial charge in [0, 0.05) is 35.0 Å². The summed E-state index contributed by atoms with van der Waals surface area (Å²) < 4.78 is 31.4. The topological polar surface area (TPSA) is 85.1 Å². The Labute approximate surface area is 187 Å². The molecule has 4 rings (SSSR count). The molecule has 1 amide bonds. The number of aromatic nitrogens is 2. The van der Waals surface area contributed by atoms with Gasteiger partial charge in [-0.1, -0.05) is 6.07 Å². The number of pyridine rings is 1. The molecule has 0 aliphatic rings. The average Bonchev–Trinajstić information content (AvgIpc) is 3.18. The van der Waals surface area contributed by atoms with Crippen molar-refractivity contribution in [3.8, 4) is 11.5 Å². The molecular formula is C24H20FN3O3S. The number of benzene rings is 2. The molecule has 0 fully saturated rings. The molecule has 0 radical (unpaired) electrons. The fourth-order valence-electron chi connectivity index (χ4n) is 3.03. The first-order valence-electron chi connectivity index (χ1n) is 9.87. The van der Waals surface area contributed by atoms with Crippen LogP contribution < -0.4 is 5.32 Å². The lowest BCUT2D eigenvalue weighted by Crippen LogP contribution is -2.22. The van der Waals surface area contributed by atoms with Gasteiger partial charge in [0.25, 0.3) is 5.91 Å². The molecule has 4 aromatic rings. The van der Waals surface area contributed by atoms with E-state index in [0.29, 0.717) is 39.9 Å². The van der Waals surface area contributed by atoms with Crippen molar-refractivity contribution in [1.29, 1.82) is 0 Å². The zero-order valence-electron chi connectivity index (χ0n) is 17.2. The molecule has 0 saturated heterocycles. The highest BCUT2D eigenvalue weighted by Gasteiger charge is 2.16. The van der Waals surface area contributed by atoms with E-state index in [9.17, 15) is 13.4 Å². The summed E-state index contributed by atoms with van der Waals surface area (Å²) in [6, 6.07) is 16.2. The van der Waals surface area contributed by atoms with Crippen LogP contribution in [0.15, 0.2) is 82.4 Å². The van der Waals surface area contributed by atoms with Crippen molar-refractivity contribution in [2.75, 3.05) is 0 Å². The first-order valence-corrected chi connectivity index (χ1v) is 11.2. The molecule has 1 N–H and O–H groups in total. The highest BCUT2D eigenvalue weighted by Crippen LogP contribution is 2.24. The van der Waals surface area contributed by atoms with Gasteiger partial charge in [0.2, 0.25) is 5.89 Å². The molecule has 32 heavy (non-hydrogen) atoms. The maximum atomic E-state index is 13.1. The number of halogens is 1. The largest absolute Gasteiger partial charge is 0.441 e. The van der Waals surface area contributed by atoms with Gasteiger partial charge in [-0.25, -0.2) is 9.37 Å². The lowest BCUT2D eigenvalue weighted by Gasteiger charge is -2.05. The lowest BCUT2D eigenvalue weighted by atomic mass is 10.1. The first-order chi connectivity index (χ1) is 15.5. The van der Waals surface area contributed by atoms with Gasteiger partial charge in [0.05, 0.1) is 22.2 Å². The second-order valence-corrected chi connectivity index (χ2v) is 8.54. The minimum atomic E-state index is -1.37. The SMILES string of the molecule is Cc1oc(-c2ccc(C(=O)NCc3cccnc3)cc2)nc1CS(=O)c1ccc(F)cc1. The molecule has 8 heteroatoms. The van der Waals surface area contributed by atoms with Gasteiger partial charge in [-0.3, -0.25) is 14.0 Å². The Morgan fingerprint density at radius 1 is 1.09 bits per heavy atom. The van der Waals surface area contributed by atoms with Crippen LogP contribution in [-0.4, -0.2) is 20.1 Å². The van der Waals surface area contributed by atoms with E-state index >= 15 is 0 Å². The number of oxazole rings is 1. The van der Waals surface area contributed by atoms with Crippen molar-refractivity contribution in [3.63, 3.8) is 0 Å². The van der Waals surface area contributed by atoms with E-state index in [4.69, 9.17) is 4.42 Å². The predicted molar refractivity (Wildman–Crippen MR) is 119 cm³/mol. The molecule has 0 bridgehead atoms. The van der Waals surface area contributed by atoms with E-state index in [1.807, 2.05) is 12.1 Å². The molecule has 1 atom stereocenters. The van der Waals surface area contributed by atoms with Crippen LogP contribution in [0.1, 0.15) is 27.4 Å². The Hall–Kier alpha value is -3.65. The standard InChI is InChI=1S/C24H20FN3O3S/c1-16-22(15-32(30)21-10-8-20(25)9-11-21)28-24(31-16)19-6-4-18(5-7-19)23(29)27-14-17-3-2-12-26-13-17/h2-13H,14-15H2,1H3,(H,27,29). The number of rotatable bonds is 7. The van der Waals surface area contributed by atoms with Crippen LogP contribution in [0.25, 0.3) is 11.5 Å². The third-order valence-electron chi connectivity index (χ3n) is 4.81. The maximum absolute atomic E-state index is 13.1. The first kappa shape index (κ1) is 21.6. The van der Waals surface area contributed by atoms with Crippen molar-refractivity contribution in [3.05, 3.63) is 101 Å².